The molecule has 2 bridgehead atoms. The van der Waals surface area contributed by atoms with Gasteiger partial charge in [0.1, 0.15) is 5.67 Å². The zero-order valence-electron chi connectivity index (χ0n) is 14.4. The first-order chi connectivity index (χ1) is 9.88. The third-order valence-electron chi connectivity index (χ3n) is 7.25. The Bertz CT molecular complexity index is 361. The van der Waals surface area contributed by atoms with Crippen molar-refractivity contribution in [3.63, 3.8) is 0 Å². The quantitative estimate of drug-likeness (QED) is 0.673. The molecule has 0 heterocycles. The largest absolute Gasteiger partial charge is 0.306 e. The predicted molar refractivity (Wildman–Crippen MR) is 87.0 cm³/mol. The minimum absolute atomic E-state index is 0.695. The molecule has 5 unspecified atom stereocenters. The first-order valence-corrected chi connectivity index (χ1v) is 9.23. The molecule has 0 aliphatic heterocycles. The molecule has 4 aliphatic rings. The second-order valence-electron chi connectivity index (χ2n) is 8.91. The summed E-state index contributed by atoms with van der Waals surface area (Å²) < 4.78 is 14.0. The van der Waals surface area contributed by atoms with Crippen molar-refractivity contribution in [1.82, 2.24) is 4.90 Å². The zero-order chi connectivity index (χ0) is 15.2. The molecule has 4 aliphatic carbocycles. The van der Waals surface area contributed by atoms with Gasteiger partial charge >= 0.3 is 0 Å². The van der Waals surface area contributed by atoms with Gasteiger partial charge in [-0.15, -0.1) is 0 Å². The van der Waals surface area contributed by atoms with Gasteiger partial charge in [0.05, 0.1) is 0 Å². The molecule has 4 rings (SSSR count). The number of fused-ring (bicyclic) bond motifs is 1. The van der Waals surface area contributed by atoms with E-state index < -0.39 is 5.67 Å². The normalized spacial score (nSPS) is 44.9. The smallest absolute Gasteiger partial charge is 0.111 e. The van der Waals surface area contributed by atoms with Gasteiger partial charge in [-0.2, -0.15) is 0 Å². The Labute approximate surface area is 130 Å². The van der Waals surface area contributed by atoms with Crippen LogP contribution in [0.15, 0.2) is 0 Å². The van der Waals surface area contributed by atoms with Crippen molar-refractivity contribution >= 4 is 0 Å². The molecule has 0 aromatic rings. The van der Waals surface area contributed by atoms with E-state index in [-0.39, 0.29) is 0 Å². The van der Waals surface area contributed by atoms with Crippen molar-refractivity contribution in [2.75, 3.05) is 14.1 Å². The topological polar surface area (TPSA) is 3.24 Å². The maximum atomic E-state index is 14.0. The Balaban J connectivity index is 1.41. The molecule has 122 valence electrons. The fourth-order valence-electron chi connectivity index (χ4n) is 5.56. The lowest BCUT2D eigenvalue weighted by molar-refractivity contribution is 0.0717. The van der Waals surface area contributed by atoms with Gasteiger partial charge in [0, 0.05) is 6.04 Å². The number of hydrogen-bond donors (Lipinski definition) is 0. The van der Waals surface area contributed by atoms with E-state index in [4.69, 9.17) is 0 Å². The highest BCUT2D eigenvalue weighted by Crippen LogP contribution is 2.60. The lowest BCUT2D eigenvalue weighted by atomic mass is 9.76. The second kappa shape index (κ2) is 5.83. The fraction of sp³-hybridized carbons (Fsp3) is 1.00. The molecule has 4 saturated carbocycles. The molecule has 0 amide bonds. The molecule has 0 radical (unpaired) electrons. The molecular weight excluding hydrogens is 261 g/mol. The van der Waals surface area contributed by atoms with Gasteiger partial charge in [-0.05, 0) is 82.2 Å². The van der Waals surface area contributed by atoms with E-state index in [2.05, 4.69) is 32.8 Å². The lowest BCUT2D eigenvalue weighted by Crippen LogP contribution is -2.30. The average molecular weight is 295 g/mol. The van der Waals surface area contributed by atoms with E-state index in [9.17, 15) is 4.39 Å². The standard InChI is InChI=1S/C19H34FN/c1-13(15-7-8-17(9-15)21(3)4)5-6-14(2)18-12-19(20)10-16(18)11-19/h13-18H,5-12H2,1-4H3. The molecule has 1 nitrogen and oxygen atoms in total. The molecule has 4 fully saturated rings. The molecule has 2 heteroatoms. The van der Waals surface area contributed by atoms with Crippen molar-refractivity contribution < 1.29 is 4.39 Å². The van der Waals surface area contributed by atoms with Gasteiger partial charge in [0.25, 0.3) is 0 Å². The van der Waals surface area contributed by atoms with E-state index in [0.717, 1.165) is 49.0 Å². The van der Waals surface area contributed by atoms with E-state index in [0.29, 0.717) is 5.92 Å². The monoisotopic (exact) mass is 295 g/mol. The SMILES string of the molecule is CC(CCC(C)C1CC2(F)CC1C2)C1CCC(N(C)C)C1. The summed E-state index contributed by atoms with van der Waals surface area (Å²) >= 11 is 0. The van der Waals surface area contributed by atoms with Crippen LogP contribution in [0.4, 0.5) is 4.39 Å². The van der Waals surface area contributed by atoms with Crippen LogP contribution in [0, 0.1) is 29.6 Å². The highest BCUT2D eigenvalue weighted by Gasteiger charge is 2.57. The average Bonchev–Trinajstić information content (AvgIpc) is 3.06. The van der Waals surface area contributed by atoms with Crippen LogP contribution in [0.2, 0.25) is 0 Å². The Morgan fingerprint density at radius 2 is 1.71 bits per heavy atom. The number of halogens is 1. The summed E-state index contributed by atoms with van der Waals surface area (Å²) in [6.45, 7) is 4.85. The zero-order valence-corrected chi connectivity index (χ0v) is 14.4. The molecule has 0 N–H and O–H groups in total. The number of nitrogens with zero attached hydrogens (tertiary/aromatic N) is 1. The van der Waals surface area contributed by atoms with Gasteiger partial charge in [0.15, 0.2) is 0 Å². The molecule has 0 aromatic carbocycles. The number of hydrogen-bond acceptors (Lipinski definition) is 1. The maximum absolute atomic E-state index is 14.0. The van der Waals surface area contributed by atoms with Gasteiger partial charge < -0.3 is 4.90 Å². The van der Waals surface area contributed by atoms with Crippen molar-refractivity contribution in [2.45, 2.75) is 76.9 Å². The highest BCUT2D eigenvalue weighted by molar-refractivity contribution is 5.07. The molecule has 5 atom stereocenters. The summed E-state index contributed by atoms with van der Waals surface area (Å²) in [5, 5.41) is 0. The lowest BCUT2D eigenvalue weighted by Gasteiger charge is -2.32. The van der Waals surface area contributed by atoms with Gasteiger partial charge in [0.2, 0.25) is 0 Å². The number of alkyl halides is 1. The van der Waals surface area contributed by atoms with Crippen LogP contribution in [-0.2, 0) is 0 Å². The first kappa shape index (κ1) is 15.8. The minimum atomic E-state index is -0.737. The van der Waals surface area contributed by atoms with Gasteiger partial charge in [-0.1, -0.05) is 26.7 Å². The van der Waals surface area contributed by atoms with E-state index in [1.807, 2.05) is 0 Å². The third-order valence-corrected chi connectivity index (χ3v) is 7.25. The minimum Gasteiger partial charge on any atom is -0.306 e. The van der Waals surface area contributed by atoms with Gasteiger partial charge in [-0.25, -0.2) is 4.39 Å². The molecule has 0 aromatic heterocycles. The highest BCUT2D eigenvalue weighted by atomic mass is 19.1. The molecule has 0 saturated heterocycles. The Morgan fingerprint density at radius 1 is 1.05 bits per heavy atom. The molecule has 0 spiro atoms. The number of rotatable bonds is 6. The molecular formula is C19H34FN. The maximum Gasteiger partial charge on any atom is 0.111 e. The van der Waals surface area contributed by atoms with E-state index in [1.165, 1.54) is 32.1 Å². The Hall–Kier alpha value is -0.110. The van der Waals surface area contributed by atoms with Crippen LogP contribution in [0.5, 0.6) is 0 Å². The van der Waals surface area contributed by atoms with Crippen LogP contribution in [0.1, 0.15) is 65.2 Å². The summed E-state index contributed by atoms with van der Waals surface area (Å²) in [5.41, 5.74) is -0.737. The summed E-state index contributed by atoms with van der Waals surface area (Å²) in [6, 6.07) is 0.809. The predicted octanol–water partition coefficient (Wildman–Crippen LogP) is 4.91. The third kappa shape index (κ3) is 3.16. The summed E-state index contributed by atoms with van der Waals surface area (Å²) in [7, 11) is 4.44. The van der Waals surface area contributed by atoms with E-state index in [1.54, 1.807) is 0 Å². The fourth-order valence-corrected chi connectivity index (χ4v) is 5.56. The van der Waals surface area contributed by atoms with Crippen LogP contribution in [0.3, 0.4) is 0 Å². The van der Waals surface area contributed by atoms with Crippen molar-refractivity contribution in [1.29, 1.82) is 0 Å². The van der Waals surface area contributed by atoms with Crippen molar-refractivity contribution in [2.24, 2.45) is 29.6 Å². The molecule has 21 heavy (non-hydrogen) atoms. The van der Waals surface area contributed by atoms with Crippen molar-refractivity contribution in [3.8, 4) is 0 Å². The van der Waals surface area contributed by atoms with Crippen LogP contribution < -0.4 is 0 Å². The van der Waals surface area contributed by atoms with E-state index >= 15 is 0 Å². The van der Waals surface area contributed by atoms with Crippen LogP contribution >= 0.6 is 0 Å². The summed E-state index contributed by atoms with van der Waals surface area (Å²) in [6.07, 6.45) is 9.50. The Morgan fingerprint density at radius 3 is 2.24 bits per heavy atom. The second-order valence-corrected chi connectivity index (χ2v) is 8.91. The summed E-state index contributed by atoms with van der Waals surface area (Å²) in [4.78, 5) is 2.40. The Kier molecular flexibility index (Phi) is 4.38. The van der Waals surface area contributed by atoms with Crippen LogP contribution in [-0.4, -0.2) is 30.7 Å². The first-order valence-electron chi connectivity index (χ1n) is 9.23. The van der Waals surface area contributed by atoms with Gasteiger partial charge in [-0.3, -0.25) is 0 Å². The van der Waals surface area contributed by atoms with Crippen LogP contribution in [0.25, 0.3) is 0 Å². The van der Waals surface area contributed by atoms with Crippen molar-refractivity contribution in [3.05, 3.63) is 0 Å². The summed E-state index contributed by atoms with van der Waals surface area (Å²) in [5.74, 6) is 3.94.